The molecule has 1 aliphatic heterocycles. The van der Waals surface area contributed by atoms with Crippen LogP contribution in [0.2, 0.25) is 0 Å². The number of nitrogens with zero attached hydrogens (tertiary/aromatic N) is 1. The average Bonchev–Trinajstić information content (AvgIpc) is 2.79. The Balaban J connectivity index is 2.23. The number of aliphatic hydroxyl groups excluding tert-OH is 1. The SMILES string of the molecule is O=S(=O)(c1ccc(CO)o1)N1CCCCC1. The number of rotatable bonds is 3. The molecule has 0 aliphatic carbocycles. The lowest BCUT2D eigenvalue weighted by Gasteiger charge is -2.24. The summed E-state index contributed by atoms with van der Waals surface area (Å²) in [5.74, 6) is 0.274. The van der Waals surface area contributed by atoms with Crippen molar-refractivity contribution in [3.05, 3.63) is 17.9 Å². The van der Waals surface area contributed by atoms with Crippen LogP contribution in [-0.4, -0.2) is 30.9 Å². The summed E-state index contributed by atoms with van der Waals surface area (Å²) in [4.78, 5) is 0. The minimum atomic E-state index is -3.50. The fraction of sp³-hybridized carbons (Fsp3) is 0.600. The molecule has 1 N–H and O–H groups in total. The number of hydrogen-bond donors (Lipinski definition) is 1. The van der Waals surface area contributed by atoms with E-state index in [9.17, 15) is 8.42 Å². The molecule has 1 aromatic heterocycles. The van der Waals surface area contributed by atoms with Crippen LogP contribution in [-0.2, 0) is 16.6 Å². The van der Waals surface area contributed by atoms with Gasteiger partial charge >= 0.3 is 0 Å². The molecular formula is C10H15NO4S. The van der Waals surface area contributed by atoms with Crippen LogP contribution in [0.25, 0.3) is 0 Å². The molecule has 0 radical (unpaired) electrons. The molecule has 1 aliphatic rings. The van der Waals surface area contributed by atoms with Gasteiger partial charge in [0.25, 0.3) is 10.0 Å². The monoisotopic (exact) mass is 245 g/mol. The average molecular weight is 245 g/mol. The predicted octanol–water partition coefficient (Wildman–Crippen LogP) is 0.947. The van der Waals surface area contributed by atoms with E-state index in [-0.39, 0.29) is 17.5 Å². The molecule has 1 aromatic rings. The lowest BCUT2D eigenvalue weighted by molar-refractivity contribution is 0.234. The largest absolute Gasteiger partial charge is 0.446 e. The third kappa shape index (κ3) is 2.14. The Morgan fingerprint density at radius 1 is 1.25 bits per heavy atom. The lowest BCUT2D eigenvalue weighted by Crippen LogP contribution is -2.35. The van der Waals surface area contributed by atoms with Crippen LogP contribution in [0, 0.1) is 0 Å². The Kier molecular flexibility index (Phi) is 3.32. The first kappa shape index (κ1) is 11.6. The fourth-order valence-electron chi connectivity index (χ4n) is 1.81. The number of aliphatic hydroxyl groups is 1. The first-order chi connectivity index (χ1) is 7.64. The number of furan rings is 1. The van der Waals surface area contributed by atoms with Crippen molar-refractivity contribution >= 4 is 10.0 Å². The summed E-state index contributed by atoms with van der Waals surface area (Å²) in [5, 5.41) is 8.75. The van der Waals surface area contributed by atoms with Crippen LogP contribution in [0.15, 0.2) is 21.6 Å². The van der Waals surface area contributed by atoms with E-state index in [4.69, 9.17) is 9.52 Å². The maximum absolute atomic E-state index is 12.1. The van der Waals surface area contributed by atoms with Crippen LogP contribution in [0.5, 0.6) is 0 Å². The Hall–Kier alpha value is -0.850. The second-order valence-electron chi connectivity index (χ2n) is 3.84. The van der Waals surface area contributed by atoms with Crippen molar-refractivity contribution < 1.29 is 17.9 Å². The summed E-state index contributed by atoms with van der Waals surface area (Å²) in [6, 6.07) is 2.88. The predicted molar refractivity (Wildman–Crippen MR) is 57.2 cm³/mol. The second-order valence-corrected chi connectivity index (χ2v) is 5.71. The fourth-order valence-corrected chi connectivity index (χ4v) is 3.26. The highest BCUT2D eigenvalue weighted by molar-refractivity contribution is 7.89. The van der Waals surface area contributed by atoms with Crippen LogP contribution in [0.1, 0.15) is 25.0 Å². The van der Waals surface area contributed by atoms with E-state index in [1.54, 1.807) is 0 Å². The Morgan fingerprint density at radius 3 is 2.50 bits per heavy atom. The van der Waals surface area contributed by atoms with E-state index in [2.05, 4.69) is 0 Å². The second kappa shape index (κ2) is 4.57. The normalized spacial score (nSPS) is 18.8. The summed E-state index contributed by atoms with van der Waals surface area (Å²) in [7, 11) is -3.50. The van der Waals surface area contributed by atoms with E-state index < -0.39 is 10.0 Å². The number of piperidine rings is 1. The summed E-state index contributed by atoms with van der Waals surface area (Å²) in [6.45, 7) is 0.824. The molecule has 0 amide bonds. The van der Waals surface area contributed by atoms with Gasteiger partial charge in [-0.05, 0) is 25.0 Å². The van der Waals surface area contributed by atoms with Gasteiger partial charge in [-0.25, -0.2) is 8.42 Å². The van der Waals surface area contributed by atoms with Crippen molar-refractivity contribution in [2.24, 2.45) is 0 Å². The third-order valence-electron chi connectivity index (χ3n) is 2.70. The maximum atomic E-state index is 12.1. The van der Waals surface area contributed by atoms with Gasteiger partial charge in [0.1, 0.15) is 12.4 Å². The van der Waals surface area contributed by atoms with E-state index in [1.807, 2.05) is 0 Å². The van der Waals surface area contributed by atoms with Gasteiger partial charge in [-0.3, -0.25) is 0 Å². The highest BCUT2D eigenvalue weighted by atomic mass is 32.2. The van der Waals surface area contributed by atoms with Crippen molar-refractivity contribution in [3.8, 4) is 0 Å². The minimum absolute atomic E-state index is 0.0709. The standard InChI is InChI=1S/C10H15NO4S/c12-8-9-4-5-10(15-9)16(13,14)11-6-2-1-3-7-11/h4-5,12H,1-3,6-8H2. The van der Waals surface area contributed by atoms with Gasteiger partial charge in [-0.2, -0.15) is 4.31 Å². The van der Waals surface area contributed by atoms with Gasteiger partial charge in [0.2, 0.25) is 5.09 Å². The van der Waals surface area contributed by atoms with Crippen LogP contribution in [0.4, 0.5) is 0 Å². The number of sulfonamides is 1. The zero-order valence-corrected chi connectivity index (χ0v) is 9.74. The molecule has 0 spiro atoms. The zero-order chi connectivity index (χ0) is 11.6. The molecule has 16 heavy (non-hydrogen) atoms. The maximum Gasteiger partial charge on any atom is 0.276 e. The third-order valence-corrected chi connectivity index (χ3v) is 4.47. The van der Waals surface area contributed by atoms with Gasteiger partial charge in [0.05, 0.1) is 0 Å². The van der Waals surface area contributed by atoms with Crippen molar-refractivity contribution in [2.45, 2.75) is 31.0 Å². The van der Waals surface area contributed by atoms with Gasteiger partial charge in [-0.1, -0.05) is 6.42 Å². The van der Waals surface area contributed by atoms with E-state index in [0.29, 0.717) is 13.1 Å². The molecule has 1 fully saturated rings. The van der Waals surface area contributed by atoms with Crippen molar-refractivity contribution in [1.29, 1.82) is 0 Å². The van der Waals surface area contributed by atoms with E-state index in [1.165, 1.54) is 16.4 Å². The van der Waals surface area contributed by atoms with E-state index in [0.717, 1.165) is 19.3 Å². The minimum Gasteiger partial charge on any atom is -0.446 e. The molecule has 2 heterocycles. The quantitative estimate of drug-likeness (QED) is 0.860. The van der Waals surface area contributed by atoms with Crippen molar-refractivity contribution in [1.82, 2.24) is 4.31 Å². The van der Waals surface area contributed by atoms with Crippen molar-refractivity contribution in [2.75, 3.05) is 13.1 Å². The summed E-state index contributed by atoms with van der Waals surface area (Å²) in [5.41, 5.74) is 0. The van der Waals surface area contributed by atoms with Crippen LogP contribution in [0.3, 0.4) is 0 Å². The van der Waals surface area contributed by atoms with Gasteiger partial charge < -0.3 is 9.52 Å². The molecule has 0 bridgehead atoms. The van der Waals surface area contributed by atoms with Gasteiger partial charge in [0, 0.05) is 13.1 Å². The Morgan fingerprint density at radius 2 is 1.94 bits per heavy atom. The molecule has 0 atom stereocenters. The molecule has 90 valence electrons. The molecule has 1 saturated heterocycles. The molecule has 2 rings (SSSR count). The highest BCUT2D eigenvalue weighted by Crippen LogP contribution is 2.22. The van der Waals surface area contributed by atoms with Crippen LogP contribution >= 0.6 is 0 Å². The van der Waals surface area contributed by atoms with Gasteiger partial charge in [0.15, 0.2) is 0 Å². The molecule has 0 saturated carbocycles. The first-order valence-electron chi connectivity index (χ1n) is 5.34. The molecule has 0 unspecified atom stereocenters. The lowest BCUT2D eigenvalue weighted by atomic mass is 10.2. The summed E-state index contributed by atoms with van der Waals surface area (Å²) < 4.78 is 30.6. The van der Waals surface area contributed by atoms with Gasteiger partial charge in [-0.15, -0.1) is 0 Å². The smallest absolute Gasteiger partial charge is 0.276 e. The molecule has 0 aromatic carbocycles. The summed E-state index contributed by atoms with van der Waals surface area (Å²) in [6.07, 6.45) is 2.87. The molecular weight excluding hydrogens is 230 g/mol. The Labute approximate surface area is 94.7 Å². The summed E-state index contributed by atoms with van der Waals surface area (Å²) >= 11 is 0. The molecule has 6 heteroatoms. The molecule has 5 nitrogen and oxygen atoms in total. The zero-order valence-electron chi connectivity index (χ0n) is 8.92. The first-order valence-corrected chi connectivity index (χ1v) is 6.78. The van der Waals surface area contributed by atoms with E-state index >= 15 is 0 Å². The highest BCUT2D eigenvalue weighted by Gasteiger charge is 2.28. The topological polar surface area (TPSA) is 70.8 Å². The van der Waals surface area contributed by atoms with Crippen molar-refractivity contribution in [3.63, 3.8) is 0 Å². The van der Waals surface area contributed by atoms with Crippen LogP contribution < -0.4 is 0 Å². The number of hydrogen-bond acceptors (Lipinski definition) is 4. The Bertz CT molecular complexity index is 445.